The zero-order valence-electron chi connectivity index (χ0n) is 15.2. The molecular formula is C21H30N2O. The summed E-state index contributed by atoms with van der Waals surface area (Å²) in [5.41, 5.74) is 4.65. The van der Waals surface area contributed by atoms with Crippen molar-refractivity contribution in [1.82, 2.24) is 9.80 Å². The van der Waals surface area contributed by atoms with E-state index in [1.807, 2.05) is 0 Å². The molecule has 24 heavy (non-hydrogen) atoms. The topological polar surface area (TPSA) is 23.6 Å². The molecule has 1 aliphatic carbocycles. The summed E-state index contributed by atoms with van der Waals surface area (Å²) < 4.78 is 0. The van der Waals surface area contributed by atoms with Crippen LogP contribution >= 0.6 is 0 Å². The molecule has 0 radical (unpaired) electrons. The molecule has 4 rings (SSSR count). The molecule has 0 bridgehead atoms. The average Bonchev–Trinajstić information content (AvgIpc) is 3.41. The molecule has 0 unspecified atom stereocenters. The number of hydrogen-bond donors (Lipinski definition) is 0. The van der Waals surface area contributed by atoms with E-state index in [2.05, 4.69) is 41.8 Å². The predicted octanol–water partition coefficient (Wildman–Crippen LogP) is 3.67. The summed E-state index contributed by atoms with van der Waals surface area (Å²) in [6, 6.07) is 7.38. The Morgan fingerprint density at radius 3 is 2.58 bits per heavy atom. The second-order valence-corrected chi connectivity index (χ2v) is 8.46. The minimum atomic E-state index is 0.411. The third-order valence-electron chi connectivity index (χ3n) is 6.50. The quantitative estimate of drug-likeness (QED) is 0.846. The second-order valence-electron chi connectivity index (χ2n) is 8.46. The second kappa shape index (κ2) is 6.18. The fraction of sp³-hybridized carbons (Fsp3) is 0.667. The maximum Gasteiger partial charge on any atom is 0.222 e. The lowest BCUT2D eigenvalue weighted by Crippen LogP contribution is -2.52. The van der Waals surface area contributed by atoms with Gasteiger partial charge in [0, 0.05) is 25.6 Å². The lowest BCUT2D eigenvalue weighted by Gasteiger charge is -2.47. The van der Waals surface area contributed by atoms with Crippen molar-refractivity contribution >= 4 is 5.91 Å². The summed E-state index contributed by atoms with van der Waals surface area (Å²) in [6.07, 6.45) is 6.89. The number of carbonyl (C=O) groups excluding carboxylic acids is 1. The number of benzene rings is 1. The molecule has 1 saturated carbocycles. The minimum Gasteiger partial charge on any atom is -0.339 e. The van der Waals surface area contributed by atoms with Gasteiger partial charge in [0.1, 0.15) is 0 Å². The minimum absolute atomic E-state index is 0.411. The number of hydrogen-bond acceptors (Lipinski definition) is 2. The highest BCUT2D eigenvalue weighted by atomic mass is 16.2. The number of piperidine rings is 2. The lowest BCUT2D eigenvalue weighted by molar-refractivity contribution is -0.139. The SMILES string of the molecule is Cc1ccc(C)c(CN2CCC3(CCC(=O)N(C4CC4)C3)CC2)c1. The smallest absolute Gasteiger partial charge is 0.222 e. The summed E-state index contributed by atoms with van der Waals surface area (Å²) in [7, 11) is 0. The van der Waals surface area contributed by atoms with Gasteiger partial charge in [-0.2, -0.15) is 0 Å². The molecular weight excluding hydrogens is 296 g/mol. The molecule has 1 aromatic carbocycles. The van der Waals surface area contributed by atoms with Gasteiger partial charge in [0.2, 0.25) is 5.91 Å². The molecule has 1 spiro atoms. The van der Waals surface area contributed by atoms with Crippen molar-refractivity contribution in [3.63, 3.8) is 0 Å². The van der Waals surface area contributed by atoms with E-state index in [4.69, 9.17) is 0 Å². The van der Waals surface area contributed by atoms with Crippen molar-refractivity contribution in [3.05, 3.63) is 34.9 Å². The van der Waals surface area contributed by atoms with Gasteiger partial charge in [0.15, 0.2) is 0 Å². The molecule has 130 valence electrons. The Morgan fingerprint density at radius 2 is 1.88 bits per heavy atom. The number of carbonyl (C=O) groups is 1. The van der Waals surface area contributed by atoms with Crippen LogP contribution in [0.15, 0.2) is 18.2 Å². The van der Waals surface area contributed by atoms with E-state index < -0.39 is 0 Å². The van der Waals surface area contributed by atoms with Crippen LogP contribution in [0, 0.1) is 19.3 Å². The standard InChI is InChI=1S/C21H30N2O/c1-16-3-4-17(2)18(13-16)14-22-11-9-21(10-12-22)8-7-20(24)23(15-21)19-5-6-19/h3-4,13,19H,5-12,14-15H2,1-2H3. The molecule has 3 fully saturated rings. The van der Waals surface area contributed by atoms with Crippen molar-refractivity contribution in [2.24, 2.45) is 5.41 Å². The van der Waals surface area contributed by atoms with E-state index in [1.54, 1.807) is 0 Å². The van der Waals surface area contributed by atoms with Gasteiger partial charge in [-0.15, -0.1) is 0 Å². The Kier molecular flexibility index (Phi) is 4.16. The van der Waals surface area contributed by atoms with Crippen molar-refractivity contribution in [1.29, 1.82) is 0 Å². The highest BCUT2D eigenvalue weighted by molar-refractivity contribution is 5.77. The molecule has 0 aromatic heterocycles. The molecule has 3 heteroatoms. The molecule has 0 atom stereocenters. The summed E-state index contributed by atoms with van der Waals surface area (Å²) in [5, 5.41) is 0. The van der Waals surface area contributed by atoms with Gasteiger partial charge in [0.25, 0.3) is 0 Å². The van der Waals surface area contributed by atoms with E-state index in [0.29, 0.717) is 17.4 Å². The first kappa shape index (κ1) is 16.1. The molecule has 2 aliphatic heterocycles. The van der Waals surface area contributed by atoms with Crippen LogP contribution in [0.5, 0.6) is 0 Å². The van der Waals surface area contributed by atoms with Gasteiger partial charge >= 0.3 is 0 Å². The number of aryl methyl sites for hydroxylation is 2. The van der Waals surface area contributed by atoms with E-state index in [0.717, 1.165) is 25.9 Å². The van der Waals surface area contributed by atoms with Gasteiger partial charge in [-0.1, -0.05) is 23.8 Å². The molecule has 2 heterocycles. The Labute approximate surface area is 146 Å². The number of rotatable bonds is 3. The summed E-state index contributed by atoms with van der Waals surface area (Å²) in [5.74, 6) is 0.418. The fourth-order valence-corrected chi connectivity index (χ4v) is 4.57. The summed E-state index contributed by atoms with van der Waals surface area (Å²) in [6.45, 7) is 8.88. The maximum atomic E-state index is 12.2. The first-order valence-corrected chi connectivity index (χ1v) is 9.63. The van der Waals surface area contributed by atoms with Crippen LogP contribution < -0.4 is 0 Å². The van der Waals surface area contributed by atoms with Crippen LogP contribution in [-0.2, 0) is 11.3 Å². The van der Waals surface area contributed by atoms with E-state index in [-0.39, 0.29) is 0 Å². The average molecular weight is 326 g/mol. The number of likely N-dealkylation sites (tertiary alicyclic amines) is 2. The number of amides is 1. The van der Waals surface area contributed by atoms with Crippen molar-refractivity contribution in [2.45, 2.75) is 65.0 Å². The molecule has 2 saturated heterocycles. The van der Waals surface area contributed by atoms with Crippen LogP contribution in [0.2, 0.25) is 0 Å². The highest BCUT2D eigenvalue weighted by Crippen LogP contribution is 2.43. The van der Waals surface area contributed by atoms with Crippen LogP contribution in [-0.4, -0.2) is 41.4 Å². The molecule has 3 nitrogen and oxygen atoms in total. The van der Waals surface area contributed by atoms with Crippen molar-refractivity contribution in [3.8, 4) is 0 Å². The monoisotopic (exact) mass is 326 g/mol. The van der Waals surface area contributed by atoms with Crippen LogP contribution in [0.3, 0.4) is 0 Å². The van der Waals surface area contributed by atoms with Gasteiger partial charge in [-0.3, -0.25) is 9.69 Å². The maximum absolute atomic E-state index is 12.2. The summed E-state index contributed by atoms with van der Waals surface area (Å²) >= 11 is 0. The Balaban J connectivity index is 1.38. The normalized spacial score (nSPS) is 24.6. The lowest BCUT2D eigenvalue weighted by atomic mass is 9.72. The predicted molar refractivity (Wildman–Crippen MR) is 96.8 cm³/mol. The Morgan fingerprint density at radius 1 is 1.12 bits per heavy atom. The van der Waals surface area contributed by atoms with Gasteiger partial charge in [0.05, 0.1) is 0 Å². The van der Waals surface area contributed by atoms with Crippen LogP contribution in [0.1, 0.15) is 55.2 Å². The fourth-order valence-electron chi connectivity index (χ4n) is 4.57. The van der Waals surface area contributed by atoms with Crippen molar-refractivity contribution < 1.29 is 4.79 Å². The Hall–Kier alpha value is -1.35. The van der Waals surface area contributed by atoms with Crippen LogP contribution in [0.4, 0.5) is 0 Å². The Bertz CT molecular complexity index is 627. The van der Waals surface area contributed by atoms with Gasteiger partial charge in [-0.25, -0.2) is 0 Å². The third kappa shape index (κ3) is 3.23. The van der Waals surface area contributed by atoms with E-state index in [9.17, 15) is 4.79 Å². The molecule has 1 amide bonds. The third-order valence-corrected chi connectivity index (χ3v) is 6.50. The van der Waals surface area contributed by atoms with Gasteiger partial charge < -0.3 is 4.90 Å². The largest absolute Gasteiger partial charge is 0.339 e. The van der Waals surface area contributed by atoms with E-state index in [1.165, 1.54) is 55.5 Å². The first-order valence-electron chi connectivity index (χ1n) is 9.63. The highest BCUT2D eigenvalue weighted by Gasteiger charge is 2.44. The number of nitrogens with zero attached hydrogens (tertiary/aromatic N) is 2. The molecule has 3 aliphatic rings. The van der Waals surface area contributed by atoms with E-state index >= 15 is 0 Å². The summed E-state index contributed by atoms with van der Waals surface area (Å²) in [4.78, 5) is 17.0. The first-order chi connectivity index (χ1) is 11.5. The molecule has 1 aromatic rings. The van der Waals surface area contributed by atoms with Crippen molar-refractivity contribution in [2.75, 3.05) is 19.6 Å². The van der Waals surface area contributed by atoms with Gasteiger partial charge in [-0.05, 0) is 75.6 Å². The zero-order valence-corrected chi connectivity index (χ0v) is 15.2. The molecule has 0 N–H and O–H groups in total. The van der Waals surface area contributed by atoms with Crippen LogP contribution in [0.25, 0.3) is 0 Å². The zero-order chi connectivity index (χ0) is 16.7.